The minimum atomic E-state index is -0.577. The van der Waals surface area contributed by atoms with E-state index in [1.54, 1.807) is 13.8 Å². The smallest absolute Gasteiger partial charge is 0.313 e. The third-order valence-corrected chi connectivity index (χ3v) is 3.08. The van der Waals surface area contributed by atoms with E-state index in [2.05, 4.69) is 9.97 Å². The van der Waals surface area contributed by atoms with Gasteiger partial charge in [0.05, 0.1) is 4.92 Å². The fourth-order valence-electron chi connectivity index (χ4n) is 1.49. The molecule has 6 nitrogen and oxygen atoms in total. The molecule has 1 heterocycles. The van der Waals surface area contributed by atoms with E-state index in [0.717, 1.165) is 0 Å². The average molecular weight is 314 g/mol. The molecule has 0 atom stereocenters. The van der Waals surface area contributed by atoms with E-state index in [4.69, 9.17) is 27.9 Å². The maximum atomic E-state index is 11.0. The van der Waals surface area contributed by atoms with Gasteiger partial charge in [-0.25, -0.2) is 4.98 Å². The van der Waals surface area contributed by atoms with E-state index in [9.17, 15) is 10.1 Å². The zero-order valence-electron chi connectivity index (χ0n) is 10.6. The zero-order valence-corrected chi connectivity index (χ0v) is 12.1. The first-order valence-electron chi connectivity index (χ1n) is 5.51. The lowest BCUT2D eigenvalue weighted by Crippen LogP contribution is -1.99. The van der Waals surface area contributed by atoms with Gasteiger partial charge < -0.3 is 4.74 Å². The van der Waals surface area contributed by atoms with Gasteiger partial charge in [0.1, 0.15) is 11.0 Å². The number of hydrogen-bond acceptors (Lipinski definition) is 5. The Balaban J connectivity index is 2.48. The maximum absolute atomic E-state index is 11.0. The Hall–Kier alpha value is -1.92. The van der Waals surface area contributed by atoms with Gasteiger partial charge in [-0.3, -0.25) is 10.1 Å². The second-order valence-corrected chi connectivity index (χ2v) is 4.76. The lowest BCUT2D eigenvalue weighted by Gasteiger charge is -2.09. The van der Waals surface area contributed by atoms with Crippen LogP contribution in [-0.4, -0.2) is 14.9 Å². The normalized spacial score (nSPS) is 10.4. The van der Waals surface area contributed by atoms with Crippen molar-refractivity contribution in [2.45, 2.75) is 13.8 Å². The van der Waals surface area contributed by atoms with Crippen LogP contribution in [0.4, 0.5) is 5.69 Å². The summed E-state index contributed by atoms with van der Waals surface area (Å²) in [5.41, 5.74) is 0.255. The molecule has 0 aliphatic heterocycles. The molecular weight excluding hydrogens is 305 g/mol. The van der Waals surface area contributed by atoms with Crippen LogP contribution in [0.5, 0.6) is 11.6 Å². The lowest BCUT2D eigenvalue weighted by atomic mass is 10.3. The summed E-state index contributed by atoms with van der Waals surface area (Å²) in [7, 11) is 0. The van der Waals surface area contributed by atoms with Gasteiger partial charge in [0.25, 0.3) is 0 Å². The molecule has 104 valence electrons. The fourth-order valence-corrected chi connectivity index (χ4v) is 1.86. The Morgan fingerprint density at radius 3 is 2.60 bits per heavy atom. The van der Waals surface area contributed by atoms with E-state index in [0.29, 0.717) is 11.4 Å². The van der Waals surface area contributed by atoms with Crippen molar-refractivity contribution in [3.05, 3.63) is 49.9 Å². The first-order chi connectivity index (χ1) is 9.38. The third kappa shape index (κ3) is 2.97. The van der Waals surface area contributed by atoms with E-state index < -0.39 is 4.92 Å². The van der Waals surface area contributed by atoms with Crippen LogP contribution in [0.15, 0.2) is 18.2 Å². The molecule has 8 heteroatoms. The van der Waals surface area contributed by atoms with Crippen molar-refractivity contribution in [2.24, 2.45) is 0 Å². The van der Waals surface area contributed by atoms with Crippen molar-refractivity contribution in [1.29, 1.82) is 0 Å². The maximum Gasteiger partial charge on any atom is 0.313 e. The third-order valence-electron chi connectivity index (χ3n) is 2.48. The predicted octanol–water partition coefficient (Wildman–Crippen LogP) is 4.10. The number of ether oxygens (including phenoxy) is 1. The van der Waals surface area contributed by atoms with Crippen molar-refractivity contribution in [3.8, 4) is 11.6 Å². The number of nitro groups is 1. The quantitative estimate of drug-likeness (QED) is 0.484. The number of hydrogen-bond donors (Lipinski definition) is 0. The molecule has 0 saturated heterocycles. The summed E-state index contributed by atoms with van der Waals surface area (Å²) in [5.74, 6) is 0.622. The SMILES string of the molecule is Cc1nc(Cl)c(C)c(Oc2ccc(Cl)cc2[N+](=O)[O-])n1. The van der Waals surface area contributed by atoms with Gasteiger partial charge in [-0.1, -0.05) is 23.2 Å². The number of aryl methyl sites for hydroxylation is 1. The highest BCUT2D eigenvalue weighted by Gasteiger charge is 2.19. The van der Waals surface area contributed by atoms with Crippen molar-refractivity contribution in [3.63, 3.8) is 0 Å². The molecule has 0 unspecified atom stereocenters. The molecule has 0 bridgehead atoms. The Labute approximate surface area is 124 Å². The average Bonchev–Trinajstić information content (AvgIpc) is 2.37. The van der Waals surface area contributed by atoms with Gasteiger partial charge in [0.15, 0.2) is 0 Å². The topological polar surface area (TPSA) is 78.2 Å². The molecule has 2 aromatic rings. The van der Waals surface area contributed by atoms with Crippen molar-refractivity contribution in [2.75, 3.05) is 0 Å². The summed E-state index contributed by atoms with van der Waals surface area (Å²) >= 11 is 11.7. The fraction of sp³-hybridized carbons (Fsp3) is 0.167. The van der Waals surface area contributed by atoms with Gasteiger partial charge in [-0.2, -0.15) is 4.98 Å². The van der Waals surface area contributed by atoms with Gasteiger partial charge in [-0.15, -0.1) is 0 Å². The summed E-state index contributed by atoms with van der Waals surface area (Å²) in [4.78, 5) is 18.5. The monoisotopic (exact) mass is 313 g/mol. The van der Waals surface area contributed by atoms with Gasteiger partial charge in [0.2, 0.25) is 11.6 Å². The first kappa shape index (κ1) is 14.5. The molecule has 1 aromatic carbocycles. The number of nitrogens with zero attached hydrogens (tertiary/aromatic N) is 3. The standard InChI is InChI=1S/C12H9Cl2N3O3/c1-6-11(14)15-7(2)16-12(6)20-10-4-3-8(13)5-9(10)17(18)19/h3-5H,1-2H3. The molecule has 0 amide bonds. The number of halogens is 2. The summed E-state index contributed by atoms with van der Waals surface area (Å²) in [5, 5.41) is 11.5. The van der Waals surface area contributed by atoms with Crippen LogP contribution in [0, 0.1) is 24.0 Å². The Morgan fingerprint density at radius 1 is 1.25 bits per heavy atom. The van der Waals surface area contributed by atoms with E-state index in [-0.39, 0.29) is 27.5 Å². The molecule has 0 aliphatic carbocycles. The van der Waals surface area contributed by atoms with E-state index in [1.807, 2.05) is 0 Å². The summed E-state index contributed by atoms with van der Waals surface area (Å²) in [6, 6.07) is 4.11. The highest BCUT2D eigenvalue weighted by Crippen LogP contribution is 2.34. The molecule has 0 radical (unpaired) electrons. The highest BCUT2D eigenvalue weighted by molar-refractivity contribution is 6.31. The minimum absolute atomic E-state index is 0.0386. The molecule has 0 spiro atoms. The largest absolute Gasteiger partial charge is 0.431 e. The molecule has 1 aromatic heterocycles. The van der Waals surface area contributed by atoms with Crippen molar-refractivity contribution >= 4 is 28.9 Å². The van der Waals surface area contributed by atoms with Crippen molar-refractivity contribution in [1.82, 2.24) is 9.97 Å². The minimum Gasteiger partial charge on any atom is -0.431 e. The van der Waals surface area contributed by atoms with Crippen molar-refractivity contribution < 1.29 is 9.66 Å². The van der Waals surface area contributed by atoms with Crippen LogP contribution in [0.1, 0.15) is 11.4 Å². The predicted molar refractivity (Wildman–Crippen MR) is 74.7 cm³/mol. The number of aromatic nitrogens is 2. The second-order valence-electron chi connectivity index (χ2n) is 3.96. The molecule has 20 heavy (non-hydrogen) atoms. The number of rotatable bonds is 3. The summed E-state index contributed by atoms with van der Waals surface area (Å²) < 4.78 is 5.48. The molecule has 0 aliphatic rings. The second kappa shape index (κ2) is 5.60. The molecule has 2 rings (SSSR count). The van der Waals surface area contributed by atoms with Gasteiger partial charge >= 0.3 is 5.69 Å². The molecule has 0 saturated carbocycles. The van der Waals surface area contributed by atoms with Gasteiger partial charge in [0, 0.05) is 16.7 Å². The van der Waals surface area contributed by atoms with Crippen LogP contribution in [-0.2, 0) is 0 Å². The van der Waals surface area contributed by atoms with Crippen LogP contribution < -0.4 is 4.74 Å². The van der Waals surface area contributed by atoms with Crippen LogP contribution in [0.2, 0.25) is 10.2 Å². The van der Waals surface area contributed by atoms with Crippen LogP contribution >= 0.6 is 23.2 Å². The Bertz CT molecular complexity index is 692. The van der Waals surface area contributed by atoms with E-state index >= 15 is 0 Å². The van der Waals surface area contributed by atoms with Crippen LogP contribution in [0.25, 0.3) is 0 Å². The van der Waals surface area contributed by atoms with Gasteiger partial charge in [-0.05, 0) is 26.0 Å². The Morgan fingerprint density at radius 2 is 1.95 bits per heavy atom. The summed E-state index contributed by atoms with van der Waals surface area (Å²) in [6.07, 6.45) is 0. The molecule has 0 N–H and O–H groups in total. The van der Waals surface area contributed by atoms with E-state index in [1.165, 1.54) is 18.2 Å². The Kier molecular flexibility index (Phi) is 4.06. The van der Waals surface area contributed by atoms with Crippen LogP contribution in [0.3, 0.4) is 0 Å². The lowest BCUT2D eigenvalue weighted by molar-refractivity contribution is -0.385. The summed E-state index contributed by atoms with van der Waals surface area (Å²) in [6.45, 7) is 3.31. The highest BCUT2D eigenvalue weighted by atomic mass is 35.5. The molecule has 0 fully saturated rings. The number of nitro benzene ring substituents is 1. The molecular formula is C12H9Cl2N3O3. The zero-order chi connectivity index (χ0) is 14.9. The first-order valence-corrected chi connectivity index (χ1v) is 6.26. The number of benzene rings is 1.